The van der Waals surface area contributed by atoms with Crippen LogP contribution in [-0.2, 0) is 4.79 Å². The van der Waals surface area contributed by atoms with Crippen molar-refractivity contribution in [2.75, 3.05) is 5.75 Å². The second-order valence-corrected chi connectivity index (χ2v) is 6.43. The van der Waals surface area contributed by atoms with Crippen molar-refractivity contribution < 1.29 is 14.3 Å². The van der Waals surface area contributed by atoms with Crippen molar-refractivity contribution in [2.45, 2.75) is 13.0 Å². The normalized spacial score (nSPS) is 12.5. The first-order chi connectivity index (χ1) is 13.4. The number of thiol groups is 1. The van der Waals surface area contributed by atoms with Gasteiger partial charge in [-0.05, 0) is 24.6 Å². The van der Waals surface area contributed by atoms with Gasteiger partial charge in [-0.15, -0.1) is 10.2 Å². The Morgan fingerprint density at radius 2 is 1.96 bits per heavy atom. The number of aromatic nitrogens is 6. The number of aryl methyl sites for hydroxylation is 1. The van der Waals surface area contributed by atoms with Crippen LogP contribution in [0.3, 0.4) is 0 Å². The van der Waals surface area contributed by atoms with Crippen LogP contribution in [0.15, 0.2) is 35.4 Å². The molecule has 0 saturated carbocycles. The van der Waals surface area contributed by atoms with Crippen LogP contribution in [0.2, 0.25) is 0 Å². The molecule has 1 atom stereocenters. The third-order valence-electron chi connectivity index (χ3n) is 4.36. The van der Waals surface area contributed by atoms with Crippen LogP contribution in [0.1, 0.15) is 11.7 Å². The molecule has 1 N–H and O–H groups in total. The van der Waals surface area contributed by atoms with Crippen molar-refractivity contribution in [3.05, 3.63) is 52.5 Å². The number of aliphatic carboxylic acids is 1. The molecule has 0 amide bonds. The second kappa shape index (κ2) is 6.68. The zero-order valence-corrected chi connectivity index (χ0v) is 15.3. The standard InChI is InChI=1S/C17H13FN6O3S/c1-8-12(9-2-4-10(18)5-3-9)14-21-20-13-15(24(14)22-8)19-7-23(16(13)25)11(6-28)17(26)27/h2-5,7,11,28H,6H2,1H3,(H,26,27). The first kappa shape index (κ1) is 18.0. The third-order valence-corrected chi connectivity index (χ3v) is 4.71. The first-order valence-electron chi connectivity index (χ1n) is 8.15. The zero-order valence-electron chi connectivity index (χ0n) is 14.4. The average molecular weight is 400 g/mol. The molecule has 0 radical (unpaired) electrons. The highest BCUT2D eigenvalue weighted by molar-refractivity contribution is 7.80. The van der Waals surface area contributed by atoms with E-state index in [1.807, 2.05) is 0 Å². The summed E-state index contributed by atoms with van der Waals surface area (Å²) in [5.41, 5.74) is 1.65. The lowest BCUT2D eigenvalue weighted by molar-refractivity contribution is -0.140. The maximum absolute atomic E-state index is 13.2. The summed E-state index contributed by atoms with van der Waals surface area (Å²) in [6, 6.07) is 4.67. The van der Waals surface area contributed by atoms with Crippen LogP contribution in [0.25, 0.3) is 27.9 Å². The highest BCUT2D eigenvalue weighted by Gasteiger charge is 2.23. The quantitative estimate of drug-likeness (QED) is 0.499. The molecule has 9 nitrogen and oxygen atoms in total. The average Bonchev–Trinajstić information content (AvgIpc) is 3.01. The van der Waals surface area contributed by atoms with Crippen molar-refractivity contribution in [3.8, 4) is 11.1 Å². The summed E-state index contributed by atoms with van der Waals surface area (Å²) >= 11 is 3.98. The number of nitrogens with zero attached hydrogens (tertiary/aromatic N) is 6. The van der Waals surface area contributed by atoms with Gasteiger partial charge in [0.2, 0.25) is 0 Å². The Bertz CT molecular complexity index is 1280. The zero-order chi connectivity index (χ0) is 20.0. The van der Waals surface area contributed by atoms with Gasteiger partial charge in [-0.3, -0.25) is 9.36 Å². The van der Waals surface area contributed by atoms with E-state index in [0.29, 0.717) is 22.5 Å². The molecule has 3 heterocycles. The Labute approximate surface area is 161 Å². The van der Waals surface area contributed by atoms with Crippen LogP contribution in [-0.4, -0.2) is 46.2 Å². The summed E-state index contributed by atoms with van der Waals surface area (Å²) in [5.74, 6) is -1.66. The summed E-state index contributed by atoms with van der Waals surface area (Å²) in [4.78, 5) is 28.2. The molecule has 0 aliphatic carbocycles. The molecule has 1 unspecified atom stereocenters. The fourth-order valence-corrected chi connectivity index (χ4v) is 3.34. The van der Waals surface area contributed by atoms with Gasteiger partial charge in [-0.1, -0.05) is 12.1 Å². The van der Waals surface area contributed by atoms with Gasteiger partial charge < -0.3 is 5.11 Å². The molecule has 28 heavy (non-hydrogen) atoms. The van der Waals surface area contributed by atoms with Gasteiger partial charge in [0.05, 0.1) is 11.3 Å². The Hall–Kier alpha value is -3.34. The SMILES string of the molecule is Cc1nn2c(nnc3c(=O)n(C(CS)C(=O)O)cnc32)c1-c1ccc(F)cc1. The van der Waals surface area contributed by atoms with Gasteiger partial charge in [-0.25, -0.2) is 14.2 Å². The van der Waals surface area contributed by atoms with Gasteiger partial charge in [0.25, 0.3) is 5.56 Å². The lowest BCUT2D eigenvalue weighted by atomic mass is 10.1. The summed E-state index contributed by atoms with van der Waals surface area (Å²) in [6.07, 6.45) is 1.13. The summed E-state index contributed by atoms with van der Waals surface area (Å²) in [5, 5.41) is 21.7. The molecule has 1 aromatic carbocycles. The minimum atomic E-state index is -1.21. The number of benzene rings is 1. The van der Waals surface area contributed by atoms with E-state index in [9.17, 15) is 19.1 Å². The highest BCUT2D eigenvalue weighted by atomic mass is 32.1. The number of rotatable bonds is 4. The monoisotopic (exact) mass is 400 g/mol. The van der Waals surface area contributed by atoms with Gasteiger partial charge in [0, 0.05) is 5.75 Å². The predicted octanol–water partition coefficient (Wildman–Crippen LogP) is 1.50. The molecule has 0 aliphatic heterocycles. The van der Waals surface area contributed by atoms with E-state index in [1.165, 1.54) is 16.6 Å². The highest BCUT2D eigenvalue weighted by Crippen LogP contribution is 2.27. The second-order valence-electron chi connectivity index (χ2n) is 6.07. The van der Waals surface area contributed by atoms with Gasteiger partial charge in [-0.2, -0.15) is 22.2 Å². The molecule has 0 fully saturated rings. The molecule has 0 saturated heterocycles. The maximum Gasteiger partial charge on any atom is 0.327 e. The summed E-state index contributed by atoms with van der Waals surface area (Å²) in [6.45, 7) is 1.75. The molecular weight excluding hydrogens is 387 g/mol. The first-order valence-corrected chi connectivity index (χ1v) is 8.78. The van der Waals surface area contributed by atoms with Crippen molar-refractivity contribution in [2.24, 2.45) is 0 Å². The Morgan fingerprint density at radius 3 is 2.61 bits per heavy atom. The minimum absolute atomic E-state index is 0.0896. The van der Waals surface area contributed by atoms with Crippen LogP contribution in [0.4, 0.5) is 4.39 Å². The number of halogens is 1. The van der Waals surface area contributed by atoms with E-state index in [4.69, 9.17) is 0 Å². The lowest BCUT2D eigenvalue weighted by Crippen LogP contribution is -2.32. The van der Waals surface area contributed by atoms with Crippen LogP contribution in [0, 0.1) is 12.7 Å². The molecular formula is C17H13FN6O3S. The number of fused-ring (bicyclic) bond motifs is 3. The Balaban J connectivity index is 1.98. The van der Waals surface area contributed by atoms with Crippen molar-refractivity contribution in [3.63, 3.8) is 0 Å². The van der Waals surface area contributed by atoms with Crippen LogP contribution >= 0.6 is 12.6 Å². The van der Waals surface area contributed by atoms with Crippen LogP contribution < -0.4 is 5.56 Å². The third kappa shape index (κ3) is 2.71. The van der Waals surface area contributed by atoms with E-state index >= 15 is 0 Å². The number of carboxylic acids is 1. The molecule has 4 rings (SSSR count). The molecule has 3 aromatic heterocycles. The van der Waals surface area contributed by atoms with E-state index < -0.39 is 17.6 Å². The smallest absolute Gasteiger partial charge is 0.327 e. The van der Waals surface area contributed by atoms with Gasteiger partial charge >= 0.3 is 5.97 Å². The molecule has 0 spiro atoms. The number of hydrogen-bond acceptors (Lipinski definition) is 7. The van der Waals surface area contributed by atoms with E-state index in [-0.39, 0.29) is 22.7 Å². The van der Waals surface area contributed by atoms with E-state index in [0.717, 1.165) is 10.9 Å². The van der Waals surface area contributed by atoms with Gasteiger partial charge in [0.1, 0.15) is 18.2 Å². The molecule has 0 bridgehead atoms. The largest absolute Gasteiger partial charge is 0.480 e. The summed E-state index contributed by atoms with van der Waals surface area (Å²) in [7, 11) is 0. The summed E-state index contributed by atoms with van der Waals surface area (Å²) < 4.78 is 15.6. The fraction of sp³-hybridized carbons (Fsp3) is 0.176. The predicted molar refractivity (Wildman–Crippen MR) is 101 cm³/mol. The lowest BCUT2D eigenvalue weighted by Gasteiger charge is -2.12. The maximum atomic E-state index is 13.2. The van der Waals surface area contributed by atoms with Gasteiger partial charge in [0.15, 0.2) is 16.8 Å². The molecule has 11 heteroatoms. The van der Waals surface area contributed by atoms with E-state index in [1.54, 1.807) is 19.1 Å². The molecule has 4 aromatic rings. The van der Waals surface area contributed by atoms with Crippen molar-refractivity contribution >= 4 is 35.4 Å². The Kier molecular flexibility index (Phi) is 4.30. The van der Waals surface area contributed by atoms with Crippen LogP contribution in [0.5, 0.6) is 0 Å². The van der Waals surface area contributed by atoms with Crippen molar-refractivity contribution in [1.82, 2.24) is 29.4 Å². The molecule has 142 valence electrons. The minimum Gasteiger partial charge on any atom is -0.480 e. The molecule has 0 aliphatic rings. The fourth-order valence-electron chi connectivity index (χ4n) is 3.00. The van der Waals surface area contributed by atoms with Crippen molar-refractivity contribution in [1.29, 1.82) is 0 Å². The number of hydrogen-bond donors (Lipinski definition) is 2. The Morgan fingerprint density at radius 1 is 1.25 bits per heavy atom. The number of carbonyl (C=O) groups is 1. The topological polar surface area (TPSA) is 115 Å². The number of carboxylic acid groups (broad SMARTS) is 1. The van der Waals surface area contributed by atoms with E-state index in [2.05, 4.69) is 32.9 Å².